The Morgan fingerprint density at radius 1 is 0.694 bits per heavy atom. The van der Waals surface area contributed by atoms with Crippen molar-refractivity contribution in [2.45, 2.75) is 6.17 Å². The summed E-state index contributed by atoms with van der Waals surface area (Å²) in [7, 11) is 3.84. The number of fused-ring (bicyclic) bond motifs is 7. The lowest BCUT2D eigenvalue weighted by molar-refractivity contribution is 0.561. The van der Waals surface area contributed by atoms with Crippen LogP contribution in [0, 0.1) is 0 Å². The van der Waals surface area contributed by atoms with Crippen LogP contribution in [0.3, 0.4) is 0 Å². The molecule has 1 aliphatic rings. The zero-order valence-corrected chi connectivity index (χ0v) is 21.0. The van der Waals surface area contributed by atoms with Crippen LogP contribution < -0.4 is 10.6 Å². The van der Waals surface area contributed by atoms with E-state index in [1.54, 1.807) is 0 Å². The van der Waals surface area contributed by atoms with E-state index in [4.69, 9.17) is 4.99 Å². The van der Waals surface area contributed by atoms with Gasteiger partial charge in [0.15, 0.2) is 0 Å². The molecule has 1 unspecified atom stereocenters. The fourth-order valence-electron chi connectivity index (χ4n) is 5.74. The first-order chi connectivity index (χ1) is 17.8. The second kappa shape index (κ2) is 8.30. The summed E-state index contributed by atoms with van der Waals surface area (Å²) in [4.78, 5) is 4.74. The van der Waals surface area contributed by atoms with Crippen LogP contribution in [0.1, 0.15) is 17.3 Å². The molecule has 3 nitrogen and oxygen atoms in total. The van der Waals surface area contributed by atoms with Gasteiger partial charge in [0.25, 0.3) is 0 Å². The average Bonchev–Trinajstić information content (AvgIpc) is 3.47. The summed E-state index contributed by atoms with van der Waals surface area (Å²) in [6.45, 7) is 0. The molecule has 1 aliphatic carbocycles. The number of hydrogen-bond donors (Lipinski definition) is 2. The van der Waals surface area contributed by atoms with Gasteiger partial charge < -0.3 is 5.32 Å². The Bertz CT molecular complexity index is 1810. The summed E-state index contributed by atoms with van der Waals surface area (Å²) in [6.07, 6.45) is -0.0448. The molecule has 1 aromatic heterocycles. The van der Waals surface area contributed by atoms with Crippen molar-refractivity contribution in [3.63, 3.8) is 0 Å². The summed E-state index contributed by atoms with van der Waals surface area (Å²) in [5.41, 5.74) is 7.65. The van der Waals surface area contributed by atoms with Gasteiger partial charge in [0.2, 0.25) is 0 Å². The number of thiophene rings is 1. The third-order valence-electron chi connectivity index (χ3n) is 7.31. The highest BCUT2D eigenvalue weighted by Gasteiger charge is 2.25. The third-order valence-corrected chi connectivity index (χ3v) is 8.41. The predicted octanol–water partition coefficient (Wildman–Crippen LogP) is 7.74. The highest BCUT2D eigenvalue weighted by atomic mass is 32.1. The molecule has 36 heavy (non-hydrogen) atoms. The van der Waals surface area contributed by atoms with Gasteiger partial charge in [-0.2, -0.15) is 0 Å². The minimum Gasteiger partial charge on any atom is -0.351 e. The van der Waals surface area contributed by atoms with Crippen molar-refractivity contribution in [1.82, 2.24) is 10.6 Å². The van der Waals surface area contributed by atoms with E-state index < -0.39 is 0 Å². The Morgan fingerprint density at radius 3 is 2.19 bits per heavy atom. The van der Waals surface area contributed by atoms with Crippen molar-refractivity contribution >= 4 is 48.1 Å². The maximum Gasteiger partial charge on any atom is 0.130 e. The fourth-order valence-corrected chi connectivity index (χ4v) is 6.93. The van der Waals surface area contributed by atoms with Gasteiger partial charge >= 0.3 is 0 Å². The highest BCUT2D eigenvalue weighted by Crippen LogP contribution is 2.51. The van der Waals surface area contributed by atoms with E-state index in [2.05, 4.69) is 102 Å². The minimum atomic E-state index is -0.0448. The van der Waals surface area contributed by atoms with Crippen LogP contribution in [0.25, 0.3) is 53.2 Å². The molecule has 0 spiro atoms. The van der Waals surface area contributed by atoms with E-state index in [0.29, 0.717) is 0 Å². The quantitative estimate of drug-likeness (QED) is 0.153. The minimum absolute atomic E-state index is 0.0448. The molecule has 0 radical (unpaired) electrons. The Morgan fingerprint density at radius 2 is 1.42 bits per heavy atom. The molecule has 0 aliphatic heterocycles. The second-order valence-electron chi connectivity index (χ2n) is 9.20. The summed E-state index contributed by atoms with van der Waals surface area (Å²) in [6, 6.07) is 34.9. The maximum atomic E-state index is 4.74. The summed E-state index contributed by atoms with van der Waals surface area (Å²) in [5, 5.41) is 12.4. The van der Waals surface area contributed by atoms with Crippen molar-refractivity contribution in [2.24, 2.45) is 4.99 Å². The van der Waals surface area contributed by atoms with Crippen LogP contribution in [-0.4, -0.2) is 19.9 Å². The van der Waals surface area contributed by atoms with E-state index in [9.17, 15) is 0 Å². The Labute approximate surface area is 214 Å². The van der Waals surface area contributed by atoms with E-state index in [0.717, 1.165) is 11.4 Å². The first-order valence-electron chi connectivity index (χ1n) is 12.2. The van der Waals surface area contributed by atoms with Crippen LogP contribution in [-0.2, 0) is 0 Å². The predicted molar refractivity (Wildman–Crippen MR) is 155 cm³/mol. The maximum absolute atomic E-state index is 4.74. The van der Waals surface area contributed by atoms with Crippen molar-refractivity contribution < 1.29 is 0 Å². The van der Waals surface area contributed by atoms with Gasteiger partial charge in [-0.15, -0.1) is 11.3 Å². The first kappa shape index (κ1) is 21.3. The van der Waals surface area contributed by atoms with Crippen molar-refractivity contribution in [3.05, 3.63) is 108 Å². The van der Waals surface area contributed by atoms with Crippen LogP contribution in [0.5, 0.6) is 0 Å². The number of aliphatic imine (C=N–C) groups is 1. The first-order valence-corrected chi connectivity index (χ1v) is 13.1. The summed E-state index contributed by atoms with van der Waals surface area (Å²) < 4.78 is 2.60. The molecular formula is C32H25N3S. The zero-order chi connectivity index (χ0) is 24.2. The molecule has 2 N–H and O–H groups in total. The molecule has 7 rings (SSSR count). The molecule has 5 aromatic carbocycles. The SMILES string of the molecule is CN=C(NC(NC)c1ccccc1)c1cccc2sc3cc4c5c(cccc5c3c12)-c1ccccc1-4. The average molecular weight is 484 g/mol. The van der Waals surface area contributed by atoms with E-state index >= 15 is 0 Å². The molecule has 0 bridgehead atoms. The number of rotatable bonds is 4. The monoisotopic (exact) mass is 483 g/mol. The highest BCUT2D eigenvalue weighted by molar-refractivity contribution is 7.26. The number of nitrogens with one attached hydrogen (secondary N) is 2. The van der Waals surface area contributed by atoms with Crippen molar-refractivity contribution in [3.8, 4) is 22.3 Å². The zero-order valence-electron chi connectivity index (χ0n) is 20.2. The number of amidine groups is 1. The van der Waals surface area contributed by atoms with Gasteiger partial charge in [0.05, 0.1) is 0 Å². The third kappa shape index (κ3) is 3.05. The van der Waals surface area contributed by atoms with Crippen LogP contribution >= 0.6 is 11.3 Å². The van der Waals surface area contributed by atoms with E-state index in [-0.39, 0.29) is 6.17 Å². The molecular weight excluding hydrogens is 458 g/mol. The van der Waals surface area contributed by atoms with Gasteiger partial charge in [-0.05, 0) is 57.8 Å². The Kier molecular flexibility index (Phi) is 4.91. The lowest BCUT2D eigenvalue weighted by atomic mass is 9.96. The molecule has 0 amide bonds. The van der Waals surface area contributed by atoms with E-state index in [1.165, 1.54) is 58.8 Å². The molecule has 0 saturated heterocycles. The van der Waals surface area contributed by atoms with Crippen LogP contribution in [0.2, 0.25) is 0 Å². The summed E-state index contributed by atoms with van der Waals surface area (Å²) >= 11 is 1.87. The molecule has 0 saturated carbocycles. The standard InChI is InChI=1S/C32H25N3S/c1-33-31(19-10-4-3-5-11-19)35-32(34-2)24-16-9-17-26-30(24)29-23-15-8-14-22-20-12-6-7-13-21(20)25(28(22)23)18-27(29)36-26/h3-18,31,33H,1-2H3,(H,34,35). The normalized spacial score (nSPS) is 13.4. The molecule has 174 valence electrons. The molecule has 0 fully saturated rings. The largest absolute Gasteiger partial charge is 0.351 e. The van der Waals surface area contributed by atoms with Crippen LogP contribution in [0.4, 0.5) is 0 Å². The van der Waals surface area contributed by atoms with Gasteiger partial charge in [-0.25, -0.2) is 0 Å². The lowest BCUT2D eigenvalue weighted by Crippen LogP contribution is -2.36. The Balaban J connectivity index is 1.47. The number of benzene rings is 5. The molecule has 4 heteroatoms. The van der Waals surface area contributed by atoms with Crippen LogP contribution in [0.15, 0.2) is 102 Å². The number of hydrogen-bond acceptors (Lipinski definition) is 3. The number of nitrogens with zero attached hydrogens (tertiary/aromatic N) is 1. The molecule has 1 heterocycles. The van der Waals surface area contributed by atoms with E-state index in [1.807, 2.05) is 31.5 Å². The molecule has 6 aromatic rings. The fraction of sp³-hybridized carbons (Fsp3) is 0.0938. The van der Waals surface area contributed by atoms with Crippen molar-refractivity contribution in [2.75, 3.05) is 14.1 Å². The Hall–Kier alpha value is -3.99. The van der Waals surface area contributed by atoms with Crippen molar-refractivity contribution in [1.29, 1.82) is 0 Å². The van der Waals surface area contributed by atoms with Gasteiger partial charge in [-0.3, -0.25) is 10.3 Å². The smallest absolute Gasteiger partial charge is 0.130 e. The topological polar surface area (TPSA) is 36.4 Å². The van der Waals surface area contributed by atoms with Gasteiger partial charge in [0.1, 0.15) is 12.0 Å². The van der Waals surface area contributed by atoms with Gasteiger partial charge in [-0.1, -0.05) is 84.9 Å². The second-order valence-corrected chi connectivity index (χ2v) is 10.3. The van der Waals surface area contributed by atoms with Gasteiger partial charge in [0, 0.05) is 32.8 Å². The molecule has 1 atom stereocenters. The summed E-state index contributed by atoms with van der Waals surface area (Å²) in [5.74, 6) is 0.884. The lowest BCUT2D eigenvalue weighted by Gasteiger charge is -2.21.